The summed E-state index contributed by atoms with van der Waals surface area (Å²) in [5, 5.41) is 9.23. The highest BCUT2D eigenvalue weighted by Gasteiger charge is 2.27. The van der Waals surface area contributed by atoms with E-state index in [0.717, 1.165) is 0 Å². The van der Waals surface area contributed by atoms with Gasteiger partial charge in [-0.2, -0.15) is 0 Å². The highest BCUT2D eigenvalue weighted by Crippen LogP contribution is 2.11. The van der Waals surface area contributed by atoms with E-state index in [4.69, 9.17) is 14.2 Å². The molecule has 1 N–H and O–H groups in total. The predicted molar refractivity (Wildman–Crippen MR) is 42.9 cm³/mol. The fraction of sp³-hybridized carbons (Fsp3) is 0.875. The van der Waals surface area contributed by atoms with E-state index in [-0.39, 0.29) is 12.4 Å². The monoisotopic (exact) mass is 190 g/mol. The van der Waals surface area contributed by atoms with Gasteiger partial charge >= 0.3 is 5.97 Å². The molecule has 1 rings (SSSR count). The zero-order valence-electron chi connectivity index (χ0n) is 7.56. The van der Waals surface area contributed by atoms with Crippen LogP contribution in [0.15, 0.2) is 0 Å². The van der Waals surface area contributed by atoms with Crippen molar-refractivity contribution in [1.82, 2.24) is 0 Å². The van der Waals surface area contributed by atoms with Crippen LogP contribution in [0.4, 0.5) is 0 Å². The molecule has 0 spiro atoms. The first-order valence-electron chi connectivity index (χ1n) is 4.31. The third kappa shape index (κ3) is 3.30. The average Bonchev–Trinajstić information content (AvgIpc) is 2.09. The molecule has 0 aromatic carbocycles. The lowest BCUT2D eigenvalue weighted by molar-refractivity contribution is -0.229. The van der Waals surface area contributed by atoms with Crippen molar-refractivity contribution in [2.24, 2.45) is 0 Å². The Kier molecular flexibility index (Phi) is 4.14. The molecule has 0 unspecified atom stereocenters. The highest BCUT2D eigenvalue weighted by molar-refractivity contribution is 5.70. The molecule has 76 valence electrons. The Morgan fingerprint density at radius 2 is 2.23 bits per heavy atom. The molecule has 1 aliphatic heterocycles. The molecule has 0 aromatic heterocycles. The Hall–Kier alpha value is -0.650. The molecule has 2 atom stereocenters. The van der Waals surface area contributed by atoms with Crippen molar-refractivity contribution >= 4 is 5.97 Å². The van der Waals surface area contributed by atoms with Gasteiger partial charge in [0.05, 0.1) is 26.2 Å². The summed E-state index contributed by atoms with van der Waals surface area (Å²) in [7, 11) is 0. The molecule has 1 fully saturated rings. The van der Waals surface area contributed by atoms with Gasteiger partial charge in [0.25, 0.3) is 0 Å². The Morgan fingerprint density at radius 3 is 2.85 bits per heavy atom. The standard InChI is InChI=1S/C8H14O5/c1-2-11-7(9)5-6-8(10)13-4-3-12-6/h6,8,10H,2-5H2,1H3/t6-,8-/m1/s1. The summed E-state index contributed by atoms with van der Waals surface area (Å²) in [5.74, 6) is -0.378. The van der Waals surface area contributed by atoms with E-state index in [1.165, 1.54) is 0 Å². The summed E-state index contributed by atoms with van der Waals surface area (Å²) >= 11 is 0. The summed E-state index contributed by atoms with van der Waals surface area (Å²) < 4.78 is 14.7. The lowest BCUT2D eigenvalue weighted by Crippen LogP contribution is -2.39. The zero-order chi connectivity index (χ0) is 9.68. The molecule has 1 heterocycles. The normalized spacial score (nSPS) is 28.5. The number of hydrogen-bond donors (Lipinski definition) is 1. The Morgan fingerprint density at radius 1 is 1.54 bits per heavy atom. The van der Waals surface area contributed by atoms with Gasteiger partial charge in [-0.05, 0) is 6.92 Å². The maximum Gasteiger partial charge on any atom is 0.308 e. The molecule has 0 amide bonds. The minimum atomic E-state index is -1.02. The molecule has 0 radical (unpaired) electrons. The van der Waals surface area contributed by atoms with Crippen LogP contribution in [0.3, 0.4) is 0 Å². The first-order chi connectivity index (χ1) is 6.24. The number of hydrogen-bond acceptors (Lipinski definition) is 5. The van der Waals surface area contributed by atoms with Gasteiger partial charge in [-0.25, -0.2) is 0 Å². The molecule has 5 heteroatoms. The quantitative estimate of drug-likeness (QED) is 0.617. The van der Waals surface area contributed by atoms with Crippen molar-refractivity contribution in [2.75, 3.05) is 19.8 Å². The van der Waals surface area contributed by atoms with E-state index in [0.29, 0.717) is 19.8 Å². The molecule has 1 saturated heterocycles. The fourth-order valence-corrected chi connectivity index (χ4v) is 1.10. The van der Waals surface area contributed by atoms with Crippen LogP contribution in [0.5, 0.6) is 0 Å². The minimum Gasteiger partial charge on any atom is -0.466 e. The van der Waals surface area contributed by atoms with Gasteiger partial charge in [-0.15, -0.1) is 0 Å². The predicted octanol–water partition coefficient (Wildman–Crippen LogP) is -0.327. The number of ether oxygens (including phenoxy) is 3. The smallest absolute Gasteiger partial charge is 0.308 e. The average molecular weight is 190 g/mol. The van der Waals surface area contributed by atoms with E-state index in [1.807, 2.05) is 0 Å². The first-order valence-corrected chi connectivity index (χ1v) is 4.31. The Balaban J connectivity index is 2.29. The number of esters is 1. The highest BCUT2D eigenvalue weighted by atomic mass is 16.7. The van der Waals surface area contributed by atoms with Crippen LogP contribution in [-0.4, -0.2) is 43.3 Å². The van der Waals surface area contributed by atoms with Crippen molar-refractivity contribution in [3.05, 3.63) is 0 Å². The van der Waals surface area contributed by atoms with Gasteiger partial charge in [-0.3, -0.25) is 4.79 Å². The lowest BCUT2D eigenvalue weighted by atomic mass is 10.2. The van der Waals surface area contributed by atoms with Crippen LogP contribution in [0.2, 0.25) is 0 Å². The summed E-state index contributed by atoms with van der Waals surface area (Å²) in [4.78, 5) is 11.0. The Labute approximate surface area is 76.6 Å². The molecule has 0 aliphatic carbocycles. The van der Waals surface area contributed by atoms with Crippen LogP contribution >= 0.6 is 0 Å². The topological polar surface area (TPSA) is 65.0 Å². The third-order valence-electron chi connectivity index (χ3n) is 1.70. The third-order valence-corrected chi connectivity index (χ3v) is 1.70. The summed E-state index contributed by atoms with van der Waals surface area (Å²) in [5.41, 5.74) is 0. The number of aliphatic hydroxyl groups excluding tert-OH is 1. The van der Waals surface area contributed by atoms with E-state index in [1.54, 1.807) is 6.92 Å². The molecule has 5 nitrogen and oxygen atoms in total. The molecule has 1 aliphatic rings. The van der Waals surface area contributed by atoms with E-state index >= 15 is 0 Å². The first kappa shape index (κ1) is 10.4. The maximum atomic E-state index is 11.0. The second-order valence-corrected chi connectivity index (χ2v) is 2.68. The van der Waals surface area contributed by atoms with Gasteiger partial charge in [0, 0.05) is 0 Å². The summed E-state index contributed by atoms with van der Waals surface area (Å²) in [6.07, 6.45) is -1.57. The van der Waals surface area contributed by atoms with Crippen molar-refractivity contribution in [3.8, 4) is 0 Å². The second kappa shape index (κ2) is 5.16. The van der Waals surface area contributed by atoms with Crippen molar-refractivity contribution in [1.29, 1.82) is 0 Å². The number of rotatable bonds is 3. The number of carbonyl (C=O) groups excluding carboxylic acids is 1. The van der Waals surface area contributed by atoms with Crippen molar-refractivity contribution in [2.45, 2.75) is 25.7 Å². The lowest BCUT2D eigenvalue weighted by Gasteiger charge is -2.27. The number of aliphatic hydroxyl groups is 1. The van der Waals surface area contributed by atoms with E-state index < -0.39 is 12.4 Å². The van der Waals surface area contributed by atoms with Crippen molar-refractivity contribution in [3.63, 3.8) is 0 Å². The van der Waals surface area contributed by atoms with Gasteiger partial charge < -0.3 is 19.3 Å². The van der Waals surface area contributed by atoms with Gasteiger partial charge in [0.1, 0.15) is 6.10 Å². The van der Waals surface area contributed by atoms with E-state index in [9.17, 15) is 9.90 Å². The van der Waals surface area contributed by atoms with E-state index in [2.05, 4.69) is 0 Å². The largest absolute Gasteiger partial charge is 0.466 e. The summed E-state index contributed by atoms with van der Waals surface area (Å²) in [6.45, 7) is 2.83. The van der Waals surface area contributed by atoms with Crippen LogP contribution in [0.25, 0.3) is 0 Å². The van der Waals surface area contributed by atoms with Crippen LogP contribution in [-0.2, 0) is 19.0 Å². The van der Waals surface area contributed by atoms with Crippen LogP contribution in [0, 0.1) is 0 Å². The SMILES string of the molecule is CCOC(=O)C[C@H]1OCCO[C@H]1O. The molecule has 13 heavy (non-hydrogen) atoms. The molecule has 0 bridgehead atoms. The van der Waals surface area contributed by atoms with Gasteiger partial charge in [0.15, 0.2) is 6.29 Å². The zero-order valence-corrected chi connectivity index (χ0v) is 7.56. The molecular weight excluding hydrogens is 176 g/mol. The molecule has 0 saturated carbocycles. The minimum absolute atomic E-state index is 0.0367. The molecular formula is C8H14O5. The number of carbonyl (C=O) groups is 1. The van der Waals surface area contributed by atoms with Gasteiger partial charge in [0.2, 0.25) is 0 Å². The summed E-state index contributed by atoms with van der Waals surface area (Å²) in [6, 6.07) is 0. The second-order valence-electron chi connectivity index (χ2n) is 2.68. The molecule has 0 aromatic rings. The maximum absolute atomic E-state index is 11.0. The van der Waals surface area contributed by atoms with Crippen LogP contribution in [0.1, 0.15) is 13.3 Å². The van der Waals surface area contributed by atoms with Crippen LogP contribution < -0.4 is 0 Å². The Bertz CT molecular complexity index is 170. The fourth-order valence-electron chi connectivity index (χ4n) is 1.10. The van der Waals surface area contributed by atoms with Gasteiger partial charge in [-0.1, -0.05) is 0 Å². The van der Waals surface area contributed by atoms with Crippen molar-refractivity contribution < 1.29 is 24.1 Å².